The third-order valence-corrected chi connectivity index (χ3v) is 2.77. The van der Waals surface area contributed by atoms with Gasteiger partial charge < -0.3 is 10.5 Å². The minimum atomic E-state index is -0.383. The summed E-state index contributed by atoms with van der Waals surface area (Å²) in [4.78, 5) is 3.74. The molecule has 0 aliphatic rings. The Morgan fingerprint density at radius 1 is 1.35 bits per heavy atom. The van der Waals surface area contributed by atoms with Gasteiger partial charge in [-0.25, -0.2) is 4.39 Å². The molecule has 5 heteroatoms. The molecule has 0 fully saturated rings. The van der Waals surface area contributed by atoms with Crippen molar-refractivity contribution in [3.63, 3.8) is 0 Å². The van der Waals surface area contributed by atoms with Crippen molar-refractivity contribution in [2.24, 2.45) is 0 Å². The van der Waals surface area contributed by atoms with E-state index in [1.54, 1.807) is 12.3 Å². The lowest BCUT2D eigenvalue weighted by atomic mass is 10.3. The van der Waals surface area contributed by atoms with Crippen LogP contribution >= 0.6 is 15.9 Å². The molecule has 0 aliphatic heterocycles. The topological polar surface area (TPSA) is 48.1 Å². The van der Waals surface area contributed by atoms with Crippen LogP contribution in [0.15, 0.2) is 41.1 Å². The van der Waals surface area contributed by atoms with Crippen LogP contribution in [0.3, 0.4) is 0 Å². The Morgan fingerprint density at radius 2 is 2.18 bits per heavy atom. The van der Waals surface area contributed by atoms with Crippen LogP contribution in [0.2, 0.25) is 0 Å². The number of pyridine rings is 1. The molecule has 0 bridgehead atoms. The lowest BCUT2D eigenvalue weighted by molar-refractivity contribution is 0.305. The summed E-state index contributed by atoms with van der Waals surface area (Å²) in [6.45, 7) is 0.220. The summed E-state index contributed by atoms with van der Waals surface area (Å²) in [6, 6.07) is 6.76. The zero-order chi connectivity index (χ0) is 12.3. The fraction of sp³-hybridized carbons (Fsp3) is 0.0833. The van der Waals surface area contributed by atoms with E-state index >= 15 is 0 Å². The molecule has 2 N–H and O–H groups in total. The van der Waals surface area contributed by atoms with Crippen LogP contribution in [0, 0.1) is 5.82 Å². The quantitative estimate of drug-likeness (QED) is 0.885. The highest BCUT2D eigenvalue weighted by Gasteiger charge is 2.05. The molecule has 0 amide bonds. The number of aromatic nitrogens is 1. The number of rotatable bonds is 3. The van der Waals surface area contributed by atoms with Gasteiger partial charge in [0.05, 0.1) is 16.4 Å². The van der Waals surface area contributed by atoms with Crippen LogP contribution in [0.25, 0.3) is 0 Å². The Bertz CT molecular complexity index is 513. The zero-order valence-electron chi connectivity index (χ0n) is 8.86. The van der Waals surface area contributed by atoms with Crippen molar-refractivity contribution >= 4 is 21.6 Å². The van der Waals surface area contributed by atoms with E-state index in [-0.39, 0.29) is 12.4 Å². The second-order valence-electron chi connectivity index (χ2n) is 3.46. The molecule has 2 aromatic rings. The number of halogens is 2. The number of anilines is 1. The molecule has 3 nitrogen and oxygen atoms in total. The smallest absolute Gasteiger partial charge is 0.156 e. The number of nitrogen functional groups attached to an aromatic ring is 1. The van der Waals surface area contributed by atoms with E-state index in [0.717, 1.165) is 10.7 Å². The zero-order valence-corrected chi connectivity index (χ0v) is 10.4. The molecule has 2 rings (SSSR count). The predicted molar refractivity (Wildman–Crippen MR) is 67.1 cm³/mol. The fourth-order valence-electron chi connectivity index (χ4n) is 1.37. The van der Waals surface area contributed by atoms with Gasteiger partial charge in [0.15, 0.2) is 5.75 Å². The van der Waals surface area contributed by atoms with Crippen LogP contribution in [0.1, 0.15) is 5.56 Å². The Balaban J connectivity index is 2.13. The summed E-state index contributed by atoms with van der Waals surface area (Å²) in [5.74, 6) is 0.169. The maximum atomic E-state index is 12.9. The maximum Gasteiger partial charge on any atom is 0.156 e. The number of nitrogens with two attached hydrogens (primary N) is 1. The molecular formula is C12H10BrFN2O. The van der Waals surface area contributed by atoms with Crippen LogP contribution in [0.5, 0.6) is 5.75 Å². The second kappa shape index (κ2) is 5.14. The number of para-hydroxylation sites is 1. The summed E-state index contributed by atoms with van der Waals surface area (Å²) >= 11 is 3.34. The van der Waals surface area contributed by atoms with E-state index in [0.29, 0.717) is 17.0 Å². The molecule has 1 heterocycles. The Hall–Kier alpha value is -1.62. The van der Waals surface area contributed by atoms with Gasteiger partial charge in [0, 0.05) is 11.8 Å². The average molecular weight is 297 g/mol. The first-order valence-corrected chi connectivity index (χ1v) is 5.72. The van der Waals surface area contributed by atoms with Crippen molar-refractivity contribution in [3.8, 4) is 5.75 Å². The second-order valence-corrected chi connectivity index (χ2v) is 4.31. The summed E-state index contributed by atoms with van der Waals surface area (Å²) < 4.78 is 19.2. The largest absolute Gasteiger partial charge is 0.485 e. The first-order chi connectivity index (χ1) is 8.16. The fourth-order valence-corrected chi connectivity index (χ4v) is 1.86. The molecule has 0 spiro atoms. The molecule has 1 aromatic heterocycles. The van der Waals surface area contributed by atoms with Crippen molar-refractivity contribution in [1.82, 2.24) is 4.98 Å². The molecule has 1 aromatic carbocycles. The Labute approximate surface area is 107 Å². The summed E-state index contributed by atoms with van der Waals surface area (Å²) in [7, 11) is 0. The van der Waals surface area contributed by atoms with Crippen molar-refractivity contribution in [2.45, 2.75) is 6.61 Å². The molecule has 17 heavy (non-hydrogen) atoms. The van der Waals surface area contributed by atoms with Crippen LogP contribution in [-0.2, 0) is 6.61 Å². The number of nitrogens with zero attached hydrogens (tertiary/aromatic N) is 1. The first-order valence-electron chi connectivity index (χ1n) is 4.93. The molecule has 0 saturated carbocycles. The van der Waals surface area contributed by atoms with Crippen LogP contribution < -0.4 is 10.5 Å². The van der Waals surface area contributed by atoms with E-state index in [1.165, 1.54) is 6.07 Å². The molecule has 0 unspecified atom stereocenters. The van der Waals surface area contributed by atoms with E-state index in [9.17, 15) is 4.39 Å². The maximum absolute atomic E-state index is 12.9. The highest BCUT2D eigenvalue weighted by Crippen LogP contribution is 2.31. The molecular weight excluding hydrogens is 287 g/mol. The van der Waals surface area contributed by atoms with Crippen LogP contribution in [-0.4, -0.2) is 4.98 Å². The SMILES string of the molecule is Nc1cccc(Br)c1OCc1cncc(F)c1. The van der Waals surface area contributed by atoms with Crippen molar-refractivity contribution < 1.29 is 9.13 Å². The van der Waals surface area contributed by atoms with Gasteiger partial charge in [-0.1, -0.05) is 6.07 Å². The van der Waals surface area contributed by atoms with Gasteiger partial charge in [-0.2, -0.15) is 0 Å². The molecule has 88 valence electrons. The van der Waals surface area contributed by atoms with E-state index in [2.05, 4.69) is 20.9 Å². The number of hydrogen-bond acceptors (Lipinski definition) is 3. The Kier molecular flexibility index (Phi) is 3.58. The van der Waals surface area contributed by atoms with Gasteiger partial charge in [-0.05, 0) is 34.1 Å². The first kappa shape index (κ1) is 11.9. The van der Waals surface area contributed by atoms with Gasteiger partial charge in [-0.3, -0.25) is 4.98 Å². The summed E-state index contributed by atoms with van der Waals surface area (Å²) in [6.07, 6.45) is 2.70. The Morgan fingerprint density at radius 3 is 2.88 bits per heavy atom. The van der Waals surface area contributed by atoms with Crippen LogP contribution in [0.4, 0.5) is 10.1 Å². The van der Waals surface area contributed by atoms with E-state index in [4.69, 9.17) is 10.5 Å². The van der Waals surface area contributed by atoms with Gasteiger partial charge in [-0.15, -0.1) is 0 Å². The summed E-state index contributed by atoms with van der Waals surface area (Å²) in [5, 5.41) is 0. The molecule has 0 atom stereocenters. The van der Waals surface area contributed by atoms with Gasteiger partial charge in [0.1, 0.15) is 12.4 Å². The van der Waals surface area contributed by atoms with Crippen molar-refractivity contribution in [2.75, 3.05) is 5.73 Å². The lowest BCUT2D eigenvalue weighted by Crippen LogP contribution is -2.00. The number of benzene rings is 1. The minimum Gasteiger partial charge on any atom is -0.485 e. The van der Waals surface area contributed by atoms with Gasteiger partial charge >= 0.3 is 0 Å². The standard InChI is InChI=1S/C12H10BrFN2O/c13-10-2-1-3-11(15)12(10)17-7-8-4-9(14)6-16-5-8/h1-6H,7,15H2. The van der Waals surface area contributed by atoms with Gasteiger partial charge in [0.2, 0.25) is 0 Å². The monoisotopic (exact) mass is 296 g/mol. The minimum absolute atomic E-state index is 0.220. The molecule has 0 aliphatic carbocycles. The van der Waals surface area contributed by atoms with Gasteiger partial charge in [0.25, 0.3) is 0 Å². The molecule has 0 saturated heterocycles. The third-order valence-electron chi connectivity index (χ3n) is 2.14. The highest BCUT2D eigenvalue weighted by molar-refractivity contribution is 9.10. The van der Waals surface area contributed by atoms with Crippen molar-refractivity contribution in [3.05, 3.63) is 52.5 Å². The lowest BCUT2D eigenvalue weighted by Gasteiger charge is -2.10. The normalized spacial score (nSPS) is 10.2. The van der Waals surface area contributed by atoms with E-state index < -0.39 is 0 Å². The highest BCUT2D eigenvalue weighted by atomic mass is 79.9. The van der Waals surface area contributed by atoms with E-state index in [1.807, 2.05) is 12.1 Å². The predicted octanol–water partition coefficient (Wildman–Crippen LogP) is 3.14. The number of ether oxygens (including phenoxy) is 1. The third kappa shape index (κ3) is 2.94. The number of hydrogen-bond donors (Lipinski definition) is 1. The molecule has 0 radical (unpaired) electrons. The average Bonchev–Trinajstić information content (AvgIpc) is 2.28. The summed E-state index contributed by atoms with van der Waals surface area (Å²) in [5.41, 5.74) is 6.95. The van der Waals surface area contributed by atoms with Crippen molar-refractivity contribution in [1.29, 1.82) is 0 Å².